The first-order valence-electron chi connectivity index (χ1n) is 6.52. The van der Waals surface area contributed by atoms with Gasteiger partial charge in [-0.05, 0) is 49.9 Å². The third-order valence-corrected chi connectivity index (χ3v) is 3.64. The van der Waals surface area contributed by atoms with Crippen molar-refractivity contribution in [3.63, 3.8) is 0 Å². The van der Waals surface area contributed by atoms with Crippen molar-refractivity contribution in [2.75, 3.05) is 6.54 Å². The minimum absolute atomic E-state index is 0. The molecule has 21 heavy (non-hydrogen) atoms. The summed E-state index contributed by atoms with van der Waals surface area (Å²) in [5.41, 5.74) is 5.72. The highest BCUT2D eigenvalue weighted by molar-refractivity contribution is 5.94. The number of nitrogens with one attached hydrogen (secondary N) is 1. The highest BCUT2D eigenvalue weighted by Crippen LogP contribution is 2.39. The molecule has 2 rings (SSSR count). The van der Waals surface area contributed by atoms with E-state index < -0.39 is 12.2 Å². The van der Waals surface area contributed by atoms with E-state index in [1.807, 2.05) is 6.92 Å². The number of amides is 1. The van der Waals surface area contributed by atoms with Gasteiger partial charge in [-0.1, -0.05) is 0 Å². The standard InChI is InChI=1S/C14H18F2N2O2.ClH/c1-14(8-17,10-4-5-10)18-12(19)9-2-6-11(7-3-9)20-13(15)16;/h2-3,6-7,10,13H,4-5,8,17H2,1H3,(H,18,19);1H. The van der Waals surface area contributed by atoms with Gasteiger partial charge in [0.15, 0.2) is 0 Å². The van der Waals surface area contributed by atoms with E-state index in [0.717, 1.165) is 12.8 Å². The minimum atomic E-state index is -2.87. The zero-order chi connectivity index (χ0) is 14.8. The van der Waals surface area contributed by atoms with Crippen LogP contribution in [0.3, 0.4) is 0 Å². The summed E-state index contributed by atoms with van der Waals surface area (Å²) < 4.78 is 28.3. The Morgan fingerprint density at radius 1 is 1.43 bits per heavy atom. The van der Waals surface area contributed by atoms with Crippen LogP contribution in [0.1, 0.15) is 30.1 Å². The number of hydrogen-bond acceptors (Lipinski definition) is 3. The molecule has 1 amide bonds. The van der Waals surface area contributed by atoms with Crippen LogP contribution in [0.15, 0.2) is 24.3 Å². The normalized spacial score (nSPS) is 16.8. The third-order valence-electron chi connectivity index (χ3n) is 3.64. The fourth-order valence-corrected chi connectivity index (χ4v) is 2.16. The van der Waals surface area contributed by atoms with Crippen LogP contribution in [0, 0.1) is 5.92 Å². The fourth-order valence-electron chi connectivity index (χ4n) is 2.16. The average molecular weight is 321 g/mol. The molecule has 1 fully saturated rings. The molecular formula is C14H19ClF2N2O2. The van der Waals surface area contributed by atoms with E-state index in [2.05, 4.69) is 10.1 Å². The first-order chi connectivity index (χ1) is 9.44. The van der Waals surface area contributed by atoms with Gasteiger partial charge in [-0.15, -0.1) is 12.4 Å². The Bertz CT molecular complexity index is 480. The van der Waals surface area contributed by atoms with Gasteiger partial charge in [-0.3, -0.25) is 4.79 Å². The van der Waals surface area contributed by atoms with Gasteiger partial charge in [0.25, 0.3) is 5.91 Å². The Hall–Kier alpha value is -1.40. The molecule has 1 aromatic carbocycles. The molecule has 0 bridgehead atoms. The number of nitrogens with two attached hydrogens (primary N) is 1. The lowest BCUT2D eigenvalue weighted by Gasteiger charge is -2.29. The predicted octanol–water partition coefficient (Wildman–Crippen LogP) is 2.57. The largest absolute Gasteiger partial charge is 0.435 e. The van der Waals surface area contributed by atoms with E-state index in [1.54, 1.807) is 0 Å². The molecule has 0 aromatic heterocycles. The Morgan fingerprint density at radius 2 is 2.00 bits per heavy atom. The molecule has 4 nitrogen and oxygen atoms in total. The second-order valence-electron chi connectivity index (χ2n) is 5.25. The Labute approximate surface area is 128 Å². The summed E-state index contributed by atoms with van der Waals surface area (Å²) in [6, 6.07) is 5.60. The highest BCUT2D eigenvalue weighted by atomic mass is 35.5. The van der Waals surface area contributed by atoms with E-state index in [9.17, 15) is 13.6 Å². The van der Waals surface area contributed by atoms with E-state index in [0.29, 0.717) is 18.0 Å². The first-order valence-corrected chi connectivity index (χ1v) is 6.52. The van der Waals surface area contributed by atoms with Gasteiger partial charge in [0.2, 0.25) is 0 Å². The van der Waals surface area contributed by atoms with Crippen molar-refractivity contribution in [1.29, 1.82) is 0 Å². The lowest BCUT2D eigenvalue weighted by molar-refractivity contribution is -0.0498. The Balaban J connectivity index is 0.00000220. The molecule has 0 heterocycles. The molecule has 1 unspecified atom stereocenters. The zero-order valence-electron chi connectivity index (χ0n) is 11.6. The number of hydrogen-bond donors (Lipinski definition) is 2. The third kappa shape index (κ3) is 4.54. The molecule has 1 aliphatic carbocycles. The molecule has 0 saturated heterocycles. The van der Waals surface area contributed by atoms with Gasteiger partial charge >= 0.3 is 6.61 Å². The number of halogens is 3. The topological polar surface area (TPSA) is 64.3 Å². The van der Waals surface area contributed by atoms with Gasteiger partial charge < -0.3 is 15.8 Å². The van der Waals surface area contributed by atoms with E-state index in [1.165, 1.54) is 24.3 Å². The van der Waals surface area contributed by atoms with Crippen LogP contribution in [0.4, 0.5) is 8.78 Å². The number of rotatable bonds is 6. The second-order valence-corrected chi connectivity index (χ2v) is 5.25. The van der Waals surface area contributed by atoms with Crippen molar-refractivity contribution in [3.05, 3.63) is 29.8 Å². The molecule has 0 aliphatic heterocycles. The van der Waals surface area contributed by atoms with Gasteiger partial charge in [0.05, 0.1) is 5.54 Å². The molecule has 1 saturated carbocycles. The molecule has 7 heteroatoms. The molecule has 0 spiro atoms. The summed E-state index contributed by atoms with van der Waals surface area (Å²) in [4.78, 5) is 12.1. The summed E-state index contributed by atoms with van der Waals surface area (Å²) in [5.74, 6) is 0.187. The summed E-state index contributed by atoms with van der Waals surface area (Å²) in [6.45, 7) is -0.572. The average Bonchev–Trinajstić information content (AvgIpc) is 3.23. The van der Waals surface area contributed by atoms with E-state index in [-0.39, 0.29) is 24.1 Å². The lowest BCUT2D eigenvalue weighted by atomic mass is 9.95. The smallest absolute Gasteiger partial charge is 0.387 e. The number of ether oxygens (including phenoxy) is 1. The van der Waals surface area contributed by atoms with Gasteiger partial charge in [0, 0.05) is 12.1 Å². The predicted molar refractivity (Wildman–Crippen MR) is 78.0 cm³/mol. The van der Waals surface area contributed by atoms with Crippen LogP contribution in [-0.2, 0) is 0 Å². The monoisotopic (exact) mass is 320 g/mol. The van der Waals surface area contributed by atoms with Crippen LogP contribution < -0.4 is 15.8 Å². The van der Waals surface area contributed by atoms with Crippen LogP contribution in [0.2, 0.25) is 0 Å². The maximum Gasteiger partial charge on any atom is 0.387 e. The summed E-state index contributed by atoms with van der Waals surface area (Å²) >= 11 is 0. The number of carbonyl (C=O) groups is 1. The van der Waals surface area contributed by atoms with Gasteiger partial charge in [0.1, 0.15) is 5.75 Å². The number of carbonyl (C=O) groups excluding carboxylic acids is 1. The summed E-state index contributed by atoms with van der Waals surface area (Å²) in [6.07, 6.45) is 2.13. The first kappa shape index (κ1) is 17.7. The fraction of sp³-hybridized carbons (Fsp3) is 0.500. The Kier molecular flexibility index (Phi) is 5.92. The molecule has 0 radical (unpaired) electrons. The summed E-state index contributed by atoms with van der Waals surface area (Å²) in [7, 11) is 0. The minimum Gasteiger partial charge on any atom is -0.435 e. The van der Waals surface area contributed by atoms with Crippen LogP contribution in [-0.4, -0.2) is 24.6 Å². The van der Waals surface area contributed by atoms with Crippen molar-refractivity contribution in [2.24, 2.45) is 11.7 Å². The summed E-state index contributed by atoms with van der Waals surface area (Å²) in [5, 5.41) is 2.93. The van der Waals surface area contributed by atoms with Crippen molar-refractivity contribution in [3.8, 4) is 5.75 Å². The van der Waals surface area contributed by atoms with Crippen molar-refractivity contribution in [2.45, 2.75) is 31.9 Å². The van der Waals surface area contributed by atoms with Gasteiger partial charge in [-0.25, -0.2) is 0 Å². The van der Waals surface area contributed by atoms with Crippen molar-refractivity contribution >= 4 is 18.3 Å². The Morgan fingerprint density at radius 3 is 2.43 bits per heavy atom. The molecule has 1 aromatic rings. The number of alkyl halides is 2. The quantitative estimate of drug-likeness (QED) is 0.846. The molecule has 1 aliphatic rings. The van der Waals surface area contributed by atoms with Gasteiger partial charge in [-0.2, -0.15) is 8.78 Å². The maximum absolute atomic E-state index is 12.1. The molecular weight excluding hydrogens is 302 g/mol. The number of benzene rings is 1. The van der Waals surface area contributed by atoms with E-state index in [4.69, 9.17) is 5.73 Å². The van der Waals surface area contributed by atoms with Crippen molar-refractivity contribution < 1.29 is 18.3 Å². The maximum atomic E-state index is 12.1. The molecule has 3 N–H and O–H groups in total. The SMILES string of the molecule is CC(CN)(NC(=O)c1ccc(OC(F)F)cc1)C1CC1.Cl. The van der Waals surface area contributed by atoms with Crippen molar-refractivity contribution in [1.82, 2.24) is 5.32 Å². The second kappa shape index (κ2) is 7.04. The molecule has 118 valence electrons. The van der Waals surface area contributed by atoms with Crippen LogP contribution in [0.25, 0.3) is 0 Å². The highest BCUT2D eigenvalue weighted by Gasteiger charge is 2.41. The van der Waals surface area contributed by atoms with E-state index >= 15 is 0 Å². The van der Waals surface area contributed by atoms with Crippen LogP contribution >= 0.6 is 12.4 Å². The molecule has 1 atom stereocenters. The van der Waals surface area contributed by atoms with Crippen LogP contribution in [0.5, 0.6) is 5.75 Å². The lowest BCUT2D eigenvalue weighted by Crippen LogP contribution is -2.53. The zero-order valence-corrected chi connectivity index (χ0v) is 12.5.